The van der Waals surface area contributed by atoms with Gasteiger partial charge in [0.05, 0.1) is 11.6 Å². The number of phenols is 1. The number of rotatable bonds is 3. The maximum Gasteiger partial charge on any atom is 0.319 e. The molecule has 6 heteroatoms. The van der Waals surface area contributed by atoms with E-state index in [-0.39, 0.29) is 17.7 Å². The highest BCUT2D eigenvalue weighted by Gasteiger charge is 2.31. The highest BCUT2D eigenvalue weighted by Crippen LogP contribution is 2.28. The number of phenolic OH excluding ortho intramolecular Hbond substituents is 1. The van der Waals surface area contributed by atoms with Crippen LogP contribution in [0.2, 0.25) is 0 Å². The van der Waals surface area contributed by atoms with Gasteiger partial charge in [0.2, 0.25) is 0 Å². The summed E-state index contributed by atoms with van der Waals surface area (Å²) < 4.78 is 0. The largest absolute Gasteiger partial charge is 0.508 e. The second-order valence-electron chi connectivity index (χ2n) is 5.48. The number of aromatic hydroxyl groups is 1. The van der Waals surface area contributed by atoms with Gasteiger partial charge in [-0.3, -0.25) is 4.79 Å². The van der Waals surface area contributed by atoms with Crippen molar-refractivity contribution in [3.05, 3.63) is 71.4 Å². The van der Waals surface area contributed by atoms with Crippen LogP contribution in [-0.2, 0) is 4.79 Å². The molecule has 2 aromatic rings. The molecule has 0 radical (unpaired) electrons. The van der Waals surface area contributed by atoms with Crippen LogP contribution in [0, 0.1) is 0 Å². The lowest BCUT2D eigenvalue weighted by Crippen LogP contribution is -2.45. The van der Waals surface area contributed by atoms with E-state index in [1.165, 1.54) is 12.1 Å². The highest BCUT2D eigenvalue weighted by atomic mass is 16.3. The van der Waals surface area contributed by atoms with Gasteiger partial charge in [-0.15, -0.1) is 0 Å². The van der Waals surface area contributed by atoms with E-state index in [1.54, 1.807) is 31.2 Å². The topological polar surface area (TPSA) is 90.5 Å². The van der Waals surface area contributed by atoms with Gasteiger partial charge in [-0.25, -0.2) is 4.79 Å². The Morgan fingerprint density at radius 2 is 1.75 bits per heavy atom. The first-order valence-electron chi connectivity index (χ1n) is 7.48. The van der Waals surface area contributed by atoms with Gasteiger partial charge in [-0.2, -0.15) is 0 Å². The number of urea groups is 1. The van der Waals surface area contributed by atoms with Crippen LogP contribution in [-0.4, -0.2) is 17.0 Å². The Hall–Kier alpha value is -3.28. The van der Waals surface area contributed by atoms with Crippen LogP contribution < -0.4 is 16.0 Å². The summed E-state index contributed by atoms with van der Waals surface area (Å²) in [5.74, 6) is -0.181. The van der Waals surface area contributed by atoms with Crippen LogP contribution in [0.5, 0.6) is 5.75 Å². The number of hydrogen-bond acceptors (Lipinski definition) is 3. The molecule has 4 N–H and O–H groups in total. The van der Waals surface area contributed by atoms with Crippen LogP contribution in [0.1, 0.15) is 18.5 Å². The molecule has 6 nitrogen and oxygen atoms in total. The molecule has 1 aliphatic rings. The second-order valence-corrected chi connectivity index (χ2v) is 5.48. The molecule has 1 unspecified atom stereocenters. The van der Waals surface area contributed by atoms with Crippen LogP contribution >= 0.6 is 0 Å². The number of amides is 3. The Bertz CT molecular complexity index is 798. The lowest BCUT2D eigenvalue weighted by molar-refractivity contribution is -0.113. The molecule has 0 saturated heterocycles. The third-order valence-corrected chi connectivity index (χ3v) is 3.77. The number of para-hydroxylation sites is 1. The minimum atomic E-state index is -0.594. The third kappa shape index (κ3) is 3.22. The summed E-state index contributed by atoms with van der Waals surface area (Å²) in [5.41, 5.74) is 2.29. The molecule has 2 aromatic carbocycles. The Kier molecular flexibility index (Phi) is 4.20. The predicted molar refractivity (Wildman–Crippen MR) is 90.3 cm³/mol. The van der Waals surface area contributed by atoms with E-state index in [9.17, 15) is 14.7 Å². The molecular weight excluding hydrogens is 306 g/mol. The van der Waals surface area contributed by atoms with Crippen molar-refractivity contribution in [2.24, 2.45) is 0 Å². The summed E-state index contributed by atoms with van der Waals surface area (Å²) in [5, 5.41) is 17.6. The van der Waals surface area contributed by atoms with Crippen molar-refractivity contribution in [3.8, 4) is 5.75 Å². The molecule has 3 rings (SSSR count). The summed E-state index contributed by atoms with van der Waals surface area (Å²) in [7, 11) is 0. The van der Waals surface area contributed by atoms with Crippen molar-refractivity contribution < 1.29 is 14.7 Å². The quantitative estimate of drug-likeness (QED) is 0.700. The summed E-state index contributed by atoms with van der Waals surface area (Å²) in [6.45, 7) is 1.69. The van der Waals surface area contributed by atoms with Gasteiger partial charge in [0.1, 0.15) is 5.75 Å². The minimum Gasteiger partial charge on any atom is -0.508 e. The van der Waals surface area contributed by atoms with E-state index in [0.717, 1.165) is 0 Å². The molecule has 1 heterocycles. The predicted octanol–water partition coefficient (Wildman–Crippen LogP) is 2.66. The summed E-state index contributed by atoms with van der Waals surface area (Å²) in [4.78, 5) is 24.5. The average molecular weight is 323 g/mol. The zero-order chi connectivity index (χ0) is 17.1. The van der Waals surface area contributed by atoms with Gasteiger partial charge in [0.25, 0.3) is 5.91 Å². The molecule has 24 heavy (non-hydrogen) atoms. The Morgan fingerprint density at radius 1 is 1.08 bits per heavy atom. The maximum atomic E-state index is 12.7. The van der Waals surface area contributed by atoms with E-state index in [1.807, 2.05) is 18.2 Å². The molecule has 0 bridgehead atoms. The molecule has 0 aliphatic carbocycles. The Labute approximate surface area is 139 Å². The molecule has 0 spiro atoms. The van der Waals surface area contributed by atoms with Crippen molar-refractivity contribution in [2.75, 3.05) is 5.32 Å². The van der Waals surface area contributed by atoms with Gasteiger partial charge in [-0.1, -0.05) is 30.3 Å². The molecule has 0 aromatic heterocycles. The van der Waals surface area contributed by atoms with E-state index in [2.05, 4.69) is 16.0 Å². The van der Waals surface area contributed by atoms with Crippen molar-refractivity contribution in [3.63, 3.8) is 0 Å². The molecule has 122 valence electrons. The number of carbonyl (C=O) groups is 2. The number of benzene rings is 2. The van der Waals surface area contributed by atoms with E-state index in [0.29, 0.717) is 22.5 Å². The monoisotopic (exact) mass is 323 g/mol. The fraction of sp³-hybridized carbons (Fsp3) is 0.111. The highest BCUT2D eigenvalue weighted by molar-refractivity contribution is 6.06. The fourth-order valence-corrected chi connectivity index (χ4v) is 2.63. The fourth-order valence-electron chi connectivity index (χ4n) is 2.63. The number of allylic oxidation sites excluding steroid dienone is 1. The maximum absolute atomic E-state index is 12.7. The molecule has 1 atom stereocenters. The number of hydrogen-bond donors (Lipinski definition) is 4. The lowest BCUT2D eigenvalue weighted by atomic mass is 9.94. The van der Waals surface area contributed by atoms with Gasteiger partial charge in [-0.05, 0) is 36.8 Å². The summed E-state index contributed by atoms with van der Waals surface area (Å²) >= 11 is 0. The van der Waals surface area contributed by atoms with Crippen molar-refractivity contribution in [2.45, 2.75) is 13.0 Å². The first kappa shape index (κ1) is 15.6. The first-order chi connectivity index (χ1) is 11.5. The van der Waals surface area contributed by atoms with Gasteiger partial charge in [0, 0.05) is 11.4 Å². The Balaban J connectivity index is 1.94. The third-order valence-electron chi connectivity index (χ3n) is 3.77. The molecule has 0 fully saturated rings. The van der Waals surface area contributed by atoms with Crippen LogP contribution in [0.15, 0.2) is 65.9 Å². The van der Waals surface area contributed by atoms with Crippen molar-refractivity contribution in [1.29, 1.82) is 0 Å². The van der Waals surface area contributed by atoms with Crippen LogP contribution in [0.25, 0.3) is 0 Å². The smallest absolute Gasteiger partial charge is 0.319 e. The number of anilines is 1. The molecule has 1 aliphatic heterocycles. The van der Waals surface area contributed by atoms with Crippen LogP contribution in [0.3, 0.4) is 0 Å². The minimum absolute atomic E-state index is 0.120. The number of nitrogens with one attached hydrogen (secondary N) is 3. The van der Waals surface area contributed by atoms with E-state index in [4.69, 9.17) is 0 Å². The first-order valence-corrected chi connectivity index (χ1v) is 7.48. The molecule has 0 saturated carbocycles. The second kappa shape index (κ2) is 6.45. The normalized spacial score (nSPS) is 17.0. The molecule has 3 amide bonds. The standard InChI is InChI=1S/C18H17N3O3/c1-11-15(17(23)20-13-5-3-2-4-6-13)16(21-18(24)19-11)12-7-9-14(22)10-8-12/h2-10,16,22H,1H3,(H,20,23)(H2,19,21,24). The lowest BCUT2D eigenvalue weighted by Gasteiger charge is -2.28. The SMILES string of the molecule is CC1=C(C(=O)Nc2ccccc2)C(c2ccc(O)cc2)NC(=O)N1. The zero-order valence-electron chi connectivity index (χ0n) is 13.0. The van der Waals surface area contributed by atoms with Crippen molar-refractivity contribution >= 4 is 17.6 Å². The van der Waals surface area contributed by atoms with Gasteiger partial charge in [0.15, 0.2) is 0 Å². The Morgan fingerprint density at radius 3 is 2.42 bits per heavy atom. The van der Waals surface area contributed by atoms with Crippen molar-refractivity contribution in [1.82, 2.24) is 10.6 Å². The molecular formula is C18H17N3O3. The van der Waals surface area contributed by atoms with Gasteiger partial charge >= 0.3 is 6.03 Å². The van der Waals surface area contributed by atoms with Crippen LogP contribution in [0.4, 0.5) is 10.5 Å². The average Bonchev–Trinajstić information content (AvgIpc) is 2.55. The number of carbonyl (C=O) groups excluding carboxylic acids is 2. The zero-order valence-corrected chi connectivity index (χ0v) is 13.0. The van der Waals surface area contributed by atoms with Gasteiger partial charge < -0.3 is 21.1 Å². The van der Waals surface area contributed by atoms with E-state index >= 15 is 0 Å². The van der Waals surface area contributed by atoms with E-state index < -0.39 is 6.04 Å². The summed E-state index contributed by atoms with van der Waals surface area (Å²) in [6.07, 6.45) is 0. The summed E-state index contributed by atoms with van der Waals surface area (Å²) in [6, 6.07) is 14.5.